The van der Waals surface area contributed by atoms with Crippen molar-refractivity contribution in [3.05, 3.63) is 89.3 Å². The van der Waals surface area contributed by atoms with Crippen molar-refractivity contribution in [2.45, 2.75) is 19.5 Å². The third-order valence-electron chi connectivity index (χ3n) is 4.06. The summed E-state index contributed by atoms with van der Waals surface area (Å²) < 4.78 is 15.6. The van der Waals surface area contributed by atoms with Gasteiger partial charge in [-0.1, -0.05) is 36.4 Å². The van der Waals surface area contributed by atoms with Gasteiger partial charge in [0.1, 0.15) is 11.6 Å². The lowest BCUT2D eigenvalue weighted by molar-refractivity contribution is 0.550. The smallest absolute Gasteiger partial charge is 0.130 e. The Balaban J connectivity index is 1.90. The number of benzene rings is 2. The van der Waals surface area contributed by atoms with Gasteiger partial charge in [-0.3, -0.25) is 5.32 Å². The van der Waals surface area contributed by atoms with E-state index in [1.54, 1.807) is 18.3 Å². The Morgan fingerprint density at radius 2 is 2.00 bits per heavy atom. The fourth-order valence-electron chi connectivity index (χ4n) is 2.72. The van der Waals surface area contributed by atoms with Crippen LogP contribution < -0.4 is 5.32 Å². The Morgan fingerprint density at radius 1 is 1.17 bits per heavy atom. The molecule has 0 aliphatic carbocycles. The summed E-state index contributed by atoms with van der Waals surface area (Å²) in [6.45, 7) is 2.79. The molecule has 1 aromatic heterocycles. The molecule has 0 aliphatic rings. The minimum absolute atomic E-state index is 0.162. The first-order valence-electron chi connectivity index (χ1n) is 7.65. The van der Waals surface area contributed by atoms with Crippen LogP contribution in [-0.2, 0) is 13.6 Å². The lowest BCUT2D eigenvalue weighted by Gasteiger charge is -2.20. The molecule has 0 bridgehead atoms. The first-order chi connectivity index (χ1) is 11.1. The van der Waals surface area contributed by atoms with Crippen molar-refractivity contribution < 1.29 is 4.39 Å². The lowest BCUT2D eigenvalue weighted by atomic mass is 10.0. The molecule has 1 heterocycles. The highest BCUT2D eigenvalue weighted by molar-refractivity contribution is 5.28. The summed E-state index contributed by atoms with van der Waals surface area (Å²) in [6.07, 6.45) is 3.66. The van der Waals surface area contributed by atoms with E-state index in [2.05, 4.69) is 29.4 Å². The number of hydrogen-bond donors (Lipinski definition) is 1. The van der Waals surface area contributed by atoms with Crippen LogP contribution >= 0.6 is 0 Å². The van der Waals surface area contributed by atoms with E-state index in [1.165, 1.54) is 17.2 Å². The molecule has 1 atom stereocenters. The molecule has 1 N–H and O–H groups in total. The molecular weight excluding hydrogens is 289 g/mol. The van der Waals surface area contributed by atoms with Crippen LogP contribution in [0.25, 0.3) is 0 Å². The fourth-order valence-corrected chi connectivity index (χ4v) is 2.72. The van der Waals surface area contributed by atoms with Gasteiger partial charge in [0.2, 0.25) is 0 Å². The number of aromatic nitrogens is 2. The number of nitrogens with one attached hydrogen (secondary N) is 1. The molecule has 0 aliphatic heterocycles. The van der Waals surface area contributed by atoms with Gasteiger partial charge >= 0.3 is 0 Å². The van der Waals surface area contributed by atoms with E-state index in [1.807, 2.05) is 36.0 Å². The highest BCUT2D eigenvalue weighted by Crippen LogP contribution is 2.22. The van der Waals surface area contributed by atoms with Crippen molar-refractivity contribution in [1.82, 2.24) is 14.9 Å². The summed E-state index contributed by atoms with van der Waals surface area (Å²) in [5, 5.41) is 3.51. The number of hydrogen-bond acceptors (Lipinski definition) is 2. The summed E-state index contributed by atoms with van der Waals surface area (Å²) in [5.74, 6) is 0.628. The predicted molar refractivity (Wildman–Crippen MR) is 89.5 cm³/mol. The third kappa shape index (κ3) is 3.48. The van der Waals surface area contributed by atoms with Gasteiger partial charge in [-0.15, -0.1) is 0 Å². The first kappa shape index (κ1) is 15.4. The molecule has 4 heteroatoms. The van der Waals surface area contributed by atoms with Gasteiger partial charge in [-0.2, -0.15) is 0 Å². The molecule has 3 nitrogen and oxygen atoms in total. The van der Waals surface area contributed by atoms with Crippen LogP contribution in [0, 0.1) is 12.7 Å². The Kier molecular flexibility index (Phi) is 4.53. The van der Waals surface area contributed by atoms with Crippen molar-refractivity contribution in [2.24, 2.45) is 7.05 Å². The normalized spacial score (nSPS) is 12.3. The number of halogens is 1. The average molecular weight is 309 g/mol. The predicted octanol–water partition coefficient (Wildman–Crippen LogP) is 3.75. The molecule has 1 unspecified atom stereocenters. The van der Waals surface area contributed by atoms with Gasteiger partial charge < -0.3 is 4.57 Å². The van der Waals surface area contributed by atoms with Crippen LogP contribution in [0.4, 0.5) is 4.39 Å². The maximum atomic E-state index is 13.6. The maximum Gasteiger partial charge on any atom is 0.130 e. The lowest BCUT2D eigenvalue weighted by Crippen LogP contribution is -2.25. The van der Waals surface area contributed by atoms with Crippen LogP contribution in [0.2, 0.25) is 0 Å². The van der Waals surface area contributed by atoms with Crippen LogP contribution in [0.3, 0.4) is 0 Å². The standard InChI is InChI=1S/C19H20FN3/c1-14-6-3-4-7-16(14)13-22-18(19-21-10-11-23(19)2)15-8-5-9-17(20)12-15/h3-12,18,22H,13H2,1-2H3. The minimum atomic E-state index is -0.237. The summed E-state index contributed by atoms with van der Waals surface area (Å²) in [4.78, 5) is 4.43. The summed E-state index contributed by atoms with van der Waals surface area (Å²) >= 11 is 0. The number of nitrogens with zero attached hydrogens (tertiary/aromatic N) is 2. The Morgan fingerprint density at radius 3 is 2.70 bits per heavy atom. The highest BCUT2D eigenvalue weighted by Gasteiger charge is 2.18. The van der Waals surface area contributed by atoms with Crippen LogP contribution in [0.15, 0.2) is 60.9 Å². The average Bonchev–Trinajstić information content (AvgIpc) is 2.95. The fraction of sp³-hybridized carbons (Fsp3) is 0.211. The van der Waals surface area contributed by atoms with Crippen molar-refractivity contribution in [2.75, 3.05) is 0 Å². The summed E-state index contributed by atoms with van der Waals surface area (Å²) in [7, 11) is 1.95. The minimum Gasteiger partial charge on any atom is -0.336 e. The quantitative estimate of drug-likeness (QED) is 0.778. The van der Waals surface area contributed by atoms with E-state index in [-0.39, 0.29) is 11.9 Å². The molecule has 0 saturated heterocycles. The Bertz CT molecular complexity index is 795. The molecule has 0 spiro atoms. The van der Waals surface area contributed by atoms with Crippen LogP contribution in [0.1, 0.15) is 28.6 Å². The number of rotatable bonds is 5. The second-order valence-electron chi connectivity index (χ2n) is 5.69. The van der Waals surface area contributed by atoms with E-state index in [0.717, 1.165) is 11.4 Å². The Hall–Kier alpha value is -2.46. The third-order valence-corrected chi connectivity index (χ3v) is 4.06. The van der Waals surface area contributed by atoms with Crippen molar-refractivity contribution in [3.63, 3.8) is 0 Å². The van der Waals surface area contributed by atoms with Gasteiger partial charge in [-0.05, 0) is 35.7 Å². The van der Waals surface area contributed by atoms with Gasteiger partial charge in [-0.25, -0.2) is 9.37 Å². The molecule has 0 saturated carbocycles. The Labute approximate surface area is 135 Å². The maximum absolute atomic E-state index is 13.6. The molecule has 0 amide bonds. The molecule has 23 heavy (non-hydrogen) atoms. The SMILES string of the molecule is Cc1ccccc1CNC(c1cccc(F)c1)c1nccn1C. The van der Waals surface area contributed by atoms with Crippen molar-refractivity contribution in [3.8, 4) is 0 Å². The largest absolute Gasteiger partial charge is 0.336 e. The second-order valence-corrected chi connectivity index (χ2v) is 5.69. The molecule has 118 valence electrons. The van der Waals surface area contributed by atoms with Crippen molar-refractivity contribution in [1.29, 1.82) is 0 Å². The zero-order chi connectivity index (χ0) is 16.2. The highest BCUT2D eigenvalue weighted by atomic mass is 19.1. The first-order valence-corrected chi connectivity index (χ1v) is 7.65. The molecule has 0 radical (unpaired) electrons. The molecule has 3 rings (SSSR count). The molecule has 3 aromatic rings. The van der Waals surface area contributed by atoms with E-state index in [4.69, 9.17) is 0 Å². The molecule has 0 fully saturated rings. The summed E-state index contributed by atoms with van der Waals surface area (Å²) in [5.41, 5.74) is 3.33. The zero-order valence-electron chi connectivity index (χ0n) is 13.3. The van der Waals surface area contributed by atoms with Gasteiger partial charge in [0.25, 0.3) is 0 Å². The molecule has 2 aromatic carbocycles. The van der Waals surface area contributed by atoms with E-state index >= 15 is 0 Å². The summed E-state index contributed by atoms with van der Waals surface area (Å²) in [6, 6.07) is 14.8. The zero-order valence-corrected chi connectivity index (χ0v) is 13.3. The van der Waals surface area contributed by atoms with Crippen LogP contribution in [0.5, 0.6) is 0 Å². The number of aryl methyl sites for hydroxylation is 2. The van der Waals surface area contributed by atoms with Crippen LogP contribution in [-0.4, -0.2) is 9.55 Å². The van der Waals surface area contributed by atoms with Gasteiger partial charge in [0.15, 0.2) is 0 Å². The molecular formula is C19H20FN3. The van der Waals surface area contributed by atoms with E-state index in [0.29, 0.717) is 6.54 Å². The monoisotopic (exact) mass is 309 g/mol. The second kappa shape index (κ2) is 6.75. The number of imidazole rings is 1. The van der Waals surface area contributed by atoms with Gasteiger partial charge in [0, 0.05) is 26.0 Å². The van der Waals surface area contributed by atoms with E-state index in [9.17, 15) is 4.39 Å². The van der Waals surface area contributed by atoms with Gasteiger partial charge in [0.05, 0.1) is 6.04 Å². The van der Waals surface area contributed by atoms with E-state index < -0.39 is 0 Å². The topological polar surface area (TPSA) is 29.9 Å². The van der Waals surface area contributed by atoms with Crippen molar-refractivity contribution >= 4 is 0 Å².